The van der Waals surface area contributed by atoms with Crippen LogP contribution in [0.2, 0.25) is 0 Å². The highest BCUT2D eigenvalue weighted by molar-refractivity contribution is 6.04. The summed E-state index contributed by atoms with van der Waals surface area (Å²) in [4.78, 5) is 12.3. The molecule has 2 aliphatic rings. The Hall–Kier alpha value is -3.21. The molecule has 0 heterocycles. The van der Waals surface area contributed by atoms with Crippen LogP contribution in [0.3, 0.4) is 0 Å². The van der Waals surface area contributed by atoms with Crippen LogP contribution in [0.5, 0.6) is 23.0 Å². The van der Waals surface area contributed by atoms with Gasteiger partial charge in [0, 0.05) is 0 Å². The lowest BCUT2D eigenvalue weighted by Crippen LogP contribution is -1.98. The van der Waals surface area contributed by atoms with E-state index in [0.29, 0.717) is 23.7 Å². The van der Waals surface area contributed by atoms with Gasteiger partial charge in [-0.25, -0.2) is 0 Å². The van der Waals surface area contributed by atoms with Crippen molar-refractivity contribution in [2.75, 3.05) is 14.2 Å². The maximum absolute atomic E-state index is 12.3. The molecule has 0 radical (unpaired) electrons. The summed E-state index contributed by atoms with van der Waals surface area (Å²) in [5.41, 5.74) is 1.75. The number of carbonyl (C=O) groups is 1. The highest BCUT2D eigenvalue weighted by Crippen LogP contribution is 2.35. The van der Waals surface area contributed by atoms with E-state index in [-0.39, 0.29) is 5.78 Å². The van der Waals surface area contributed by atoms with E-state index in [9.17, 15) is 4.79 Å². The molecule has 0 bridgehead atoms. The number of ketones is 1. The van der Waals surface area contributed by atoms with Crippen molar-refractivity contribution < 1.29 is 23.7 Å². The molecular weight excluding hydrogens is 380 g/mol. The second-order valence-corrected chi connectivity index (χ2v) is 7.52. The van der Waals surface area contributed by atoms with Crippen molar-refractivity contribution in [3.63, 3.8) is 0 Å². The predicted octanol–water partition coefficient (Wildman–Crippen LogP) is 5.08. The normalized spacial score (nSPS) is 16.1. The molecule has 0 atom stereocenters. The van der Waals surface area contributed by atoms with Gasteiger partial charge in [0.15, 0.2) is 28.8 Å². The van der Waals surface area contributed by atoms with E-state index in [1.165, 1.54) is 12.2 Å². The molecule has 0 unspecified atom stereocenters. The molecule has 2 fully saturated rings. The zero-order chi connectivity index (χ0) is 20.9. The third-order valence-corrected chi connectivity index (χ3v) is 4.89. The van der Waals surface area contributed by atoms with E-state index in [1.54, 1.807) is 26.4 Å². The Morgan fingerprint density at radius 1 is 0.733 bits per heavy atom. The van der Waals surface area contributed by atoms with Crippen LogP contribution < -0.4 is 18.9 Å². The topological polar surface area (TPSA) is 54.0 Å². The Morgan fingerprint density at radius 3 is 1.53 bits per heavy atom. The van der Waals surface area contributed by atoms with Gasteiger partial charge >= 0.3 is 0 Å². The summed E-state index contributed by atoms with van der Waals surface area (Å²) in [6.45, 7) is 0. The Balaban J connectivity index is 1.38. The highest BCUT2D eigenvalue weighted by Gasteiger charge is 2.25. The highest BCUT2D eigenvalue weighted by atomic mass is 16.5. The summed E-state index contributed by atoms with van der Waals surface area (Å²) < 4.78 is 22.5. The standard InChI is InChI=1S/C25H26O5/c1-27-24-15-17(5-13-22(24)29-20-9-10-20)3-7-19(26)8-4-18-6-14-23(25(16-18)28-2)30-21-11-12-21/h3-8,13-16,20-21H,9-12H2,1-2H3/b7-3+,8-4+. The second-order valence-electron chi connectivity index (χ2n) is 7.52. The maximum Gasteiger partial charge on any atom is 0.178 e. The molecule has 5 heteroatoms. The maximum atomic E-state index is 12.3. The molecule has 4 rings (SSSR count). The lowest BCUT2D eigenvalue weighted by Gasteiger charge is -2.10. The quantitative estimate of drug-likeness (QED) is 0.515. The van der Waals surface area contributed by atoms with Crippen molar-refractivity contribution >= 4 is 17.9 Å². The van der Waals surface area contributed by atoms with Gasteiger partial charge in [-0.15, -0.1) is 0 Å². The van der Waals surface area contributed by atoms with E-state index in [0.717, 1.165) is 48.3 Å². The number of methoxy groups -OCH3 is 2. The van der Waals surface area contributed by atoms with Gasteiger partial charge in [-0.3, -0.25) is 4.79 Å². The summed E-state index contributed by atoms with van der Waals surface area (Å²) in [7, 11) is 3.23. The molecule has 0 N–H and O–H groups in total. The fourth-order valence-electron chi connectivity index (χ4n) is 2.91. The van der Waals surface area contributed by atoms with Gasteiger partial charge in [0.25, 0.3) is 0 Å². The van der Waals surface area contributed by atoms with Gasteiger partial charge in [-0.1, -0.05) is 24.3 Å². The average molecular weight is 406 g/mol. The number of allylic oxidation sites excluding steroid dienone is 2. The summed E-state index contributed by atoms with van der Waals surface area (Å²) in [5, 5.41) is 0. The van der Waals surface area contributed by atoms with Crippen LogP contribution in [0.1, 0.15) is 36.8 Å². The Labute approximate surface area is 176 Å². The molecule has 2 aromatic rings. The number of ether oxygens (including phenoxy) is 4. The first-order valence-corrected chi connectivity index (χ1v) is 10.2. The zero-order valence-electron chi connectivity index (χ0n) is 17.3. The number of hydrogen-bond acceptors (Lipinski definition) is 5. The minimum absolute atomic E-state index is 0.107. The van der Waals surface area contributed by atoms with Gasteiger partial charge in [0.05, 0.1) is 26.4 Å². The number of carbonyl (C=O) groups excluding carboxylic acids is 1. The molecule has 0 saturated heterocycles. The first kappa shape index (κ1) is 20.1. The van der Waals surface area contributed by atoms with Gasteiger partial charge in [0.2, 0.25) is 0 Å². The van der Waals surface area contributed by atoms with E-state index >= 15 is 0 Å². The summed E-state index contributed by atoms with van der Waals surface area (Å²) in [6, 6.07) is 11.3. The van der Waals surface area contributed by atoms with Crippen LogP contribution in [0.25, 0.3) is 12.2 Å². The van der Waals surface area contributed by atoms with Crippen LogP contribution in [-0.4, -0.2) is 32.2 Å². The van der Waals surface area contributed by atoms with Gasteiger partial charge in [-0.05, 0) is 73.2 Å². The number of hydrogen-bond donors (Lipinski definition) is 0. The van der Waals surface area contributed by atoms with Crippen molar-refractivity contribution in [2.45, 2.75) is 37.9 Å². The third-order valence-electron chi connectivity index (χ3n) is 4.89. The largest absolute Gasteiger partial charge is 0.493 e. The van der Waals surface area contributed by atoms with Crippen LogP contribution in [-0.2, 0) is 4.79 Å². The molecule has 156 valence electrons. The van der Waals surface area contributed by atoms with E-state index in [4.69, 9.17) is 18.9 Å². The fourth-order valence-corrected chi connectivity index (χ4v) is 2.91. The summed E-state index contributed by atoms with van der Waals surface area (Å²) in [6.07, 6.45) is 11.6. The van der Waals surface area contributed by atoms with Crippen LogP contribution in [0, 0.1) is 0 Å². The minimum Gasteiger partial charge on any atom is -0.493 e. The second kappa shape index (κ2) is 9.08. The van der Waals surface area contributed by atoms with Crippen LogP contribution >= 0.6 is 0 Å². The average Bonchev–Trinajstić information content (AvgIpc) is 3.69. The number of benzene rings is 2. The van der Waals surface area contributed by atoms with Crippen molar-refractivity contribution in [3.8, 4) is 23.0 Å². The zero-order valence-corrected chi connectivity index (χ0v) is 17.3. The van der Waals surface area contributed by atoms with Crippen molar-refractivity contribution in [3.05, 3.63) is 59.7 Å². The SMILES string of the molecule is COc1cc(/C=C/C(=O)/C=C/c2ccc(OC3CC3)c(OC)c2)ccc1OC1CC1. The monoisotopic (exact) mass is 406 g/mol. The molecule has 2 saturated carbocycles. The summed E-state index contributed by atoms with van der Waals surface area (Å²) in [5.74, 6) is 2.72. The molecule has 2 aromatic carbocycles. The first-order chi connectivity index (χ1) is 14.6. The van der Waals surface area contributed by atoms with Crippen molar-refractivity contribution in [2.24, 2.45) is 0 Å². The molecule has 0 spiro atoms. The van der Waals surface area contributed by atoms with E-state index in [1.807, 2.05) is 36.4 Å². The lowest BCUT2D eigenvalue weighted by molar-refractivity contribution is -0.110. The third kappa shape index (κ3) is 5.44. The van der Waals surface area contributed by atoms with E-state index in [2.05, 4.69) is 0 Å². The Kier molecular flexibility index (Phi) is 6.07. The van der Waals surface area contributed by atoms with Gasteiger partial charge in [0.1, 0.15) is 0 Å². The fraction of sp³-hybridized carbons (Fsp3) is 0.320. The predicted molar refractivity (Wildman–Crippen MR) is 116 cm³/mol. The van der Waals surface area contributed by atoms with Crippen molar-refractivity contribution in [1.29, 1.82) is 0 Å². The van der Waals surface area contributed by atoms with Gasteiger partial charge < -0.3 is 18.9 Å². The van der Waals surface area contributed by atoms with Crippen molar-refractivity contribution in [1.82, 2.24) is 0 Å². The number of rotatable bonds is 10. The molecule has 0 amide bonds. The molecule has 2 aliphatic carbocycles. The Bertz CT molecular complexity index is 890. The first-order valence-electron chi connectivity index (χ1n) is 10.2. The summed E-state index contributed by atoms with van der Waals surface area (Å²) >= 11 is 0. The molecule has 0 aromatic heterocycles. The molecule has 30 heavy (non-hydrogen) atoms. The molecular formula is C25H26O5. The molecule has 0 aliphatic heterocycles. The smallest absolute Gasteiger partial charge is 0.178 e. The minimum atomic E-state index is -0.107. The lowest BCUT2D eigenvalue weighted by atomic mass is 10.1. The van der Waals surface area contributed by atoms with Crippen LogP contribution in [0.15, 0.2) is 48.6 Å². The van der Waals surface area contributed by atoms with Gasteiger partial charge in [-0.2, -0.15) is 0 Å². The van der Waals surface area contributed by atoms with E-state index < -0.39 is 0 Å². The molecule has 5 nitrogen and oxygen atoms in total. The Morgan fingerprint density at radius 2 is 1.17 bits per heavy atom. The van der Waals surface area contributed by atoms with Crippen LogP contribution in [0.4, 0.5) is 0 Å².